The van der Waals surface area contributed by atoms with Crippen LogP contribution in [0.15, 0.2) is 41.3 Å². The third kappa shape index (κ3) is 4.97. The Balaban J connectivity index is 1.81. The van der Waals surface area contributed by atoms with Crippen molar-refractivity contribution in [2.75, 3.05) is 5.32 Å². The molecular formula is C20H21F3N2O3S. The lowest BCUT2D eigenvalue weighted by Crippen LogP contribution is -2.33. The molecule has 1 fully saturated rings. The molecule has 156 valence electrons. The Kier molecular flexibility index (Phi) is 5.73. The minimum Gasteiger partial charge on any atom is -0.322 e. The quantitative estimate of drug-likeness (QED) is 0.752. The van der Waals surface area contributed by atoms with Crippen LogP contribution in [0.3, 0.4) is 0 Å². The minimum absolute atomic E-state index is 0.0332. The molecule has 1 saturated carbocycles. The van der Waals surface area contributed by atoms with Crippen LogP contribution in [0.2, 0.25) is 0 Å². The zero-order valence-corrected chi connectivity index (χ0v) is 16.7. The highest BCUT2D eigenvalue weighted by Gasteiger charge is 2.33. The Morgan fingerprint density at radius 3 is 2.34 bits per heavy atom. The highest BCUT2D eigenvalue weighted by atomic mass is 32.2. The number of carbonyl (C=O) groups excluding carboxylic acids is 1. The fourth-order valence-corrected chi connectivity index (χ4v) is 4.74. The second-order valence-electron chi connectivity index (χ2n) is 7.95. The molecule has 3 rings (SSSR count). The van der Waals surface area contributed by atoms with Crippen LogP contribution in [-0.4, -0.2) is 20.4 Å². The van der Waals surface area contributed by atoms with Gasteiger partial charge in [0.25, 0.3) is 5.91 Å². The zero-order valence-electron chi connectivity index (χ0n) is 15.9. The lowest BCUT2D eigenvalue weighted by Gasteiger charge is -2.18. The number of sulfonamides is 1. The van der Waals surface area contributed by atoms with Gasteiger partial charge < -0.3 is 5.32 Å². The molecule has 9 heteroatoms. The summed E-state index contributed by atoms with van der Waals surface area (Å²) in [4.78, 5) is 12.1. The minimum atomic E-state index is -3.96. The molecule has 5 nitrogen and oxygen atoms in total. The average Bonchev–Trinajstić information content (AvgIpc) is 2.96. The number of halogens is 3. The number of nitrogens with one attached hydrogen (secondary N) is 2. The predicted molar refractivity (Wildman–Crippen MR) is 102 cm³/mol. The molecule has 0 spiro atoms. The van der Waals surface area contributed by atoms with Gasteiger partial charge in [-0.3, -0.25) is 4.79 Å². The first-order chi connectivity index (χ1) is 13.5. The van der Waals surface area contributed by atoms with Gasteiger partial charge in [0.05, 0.1) is 10.5 Å². The van der Waals surface area contributed by atoms with Crippen molar-refractivity contribution in [3.8, 4) is 0 Å². The average molecular weight is 426 g/mol. The van der Waals surface area contributed by atoms with Crippen molar-refractivity contribution in [3.05, 3.63) is 59.4 Å². The van der Waals surface area contributed by atoms with Gasteiger partial charge in [0, 0.05) is 17.8 Å². The summed E-state index contributed by atoms with van der Waals surface area (Å²) in [7, 11) is -3.96. The molecule has 0 aliphatic heterocycles. The summed E-state index contributed by atoms with van der Waals surface area (Å²) in [5.41, 5.74) is -0.580. The smallest absolute Gasteiger partial charge is 0.258 e. The van der Waals surface area contributed by atoms with Crippen molar-refractivity contribution < 1.29 is 26.4 Å². The molecule has 29 heavy (non-hydrogen) atoms. The third-order valence-corrected chi connectivity index (χ3v) is 6.48. The van der Waals surface area contributed by atoms with Crippen LogP contribution >= 0.6 is 0 Å². The first kappa shape index (κ1) is 21.3. The molecule has 0 radical (unpaired) electrons. The van der Waals surface area contributed by atoms with Gasteiger partial charge in [-0.1, -0.05) is 13.8 Å². The van der Waals surface area contributed by atoms with E-state index in [2.05, 4.69) is 23.9 Å². The number of amides is 1. The van der Waals surface area contributed by atoms with Crippen molar-refractivity contribution in [1.82, 2.24) is 4.72 Å². The maximum absolute atomic E-state index is 14.2. The molecule has 2 aromatic rings. The molecule has 2 N–H and O–H groups in total. The second-order valence-corrected chi connectivity index (χ2v) is 9.66. The standard InChI is InChI=1S/C20H21F3N2O3S/c1-20(2)8-7-13(11-20)25-29(27,28)14-4-6-16(21)15(10-14)19(26)24-12-3-5-17(22)18(23)9-12/h3-6,9-10,13,25H,7-8,11H2,1-2H3,(H,24,26). The highest BCUT2D eigenvalue weighted by molar-refractivity contribution is 7.89. The van der Waals surface area contributed by atoms with E-state index in [4.69, 9.17) is 0 Å². The van der Waals surface area contributed by atoms with Crippen molar-refractivity contribution in [2.24, 2.45) is 5.41 Å². The molecule has 1 atom stereocenters. The molecule has 1 aliphatic carbocycles. The van der Waals surface area contributed by atoms with E-state index in [9.17, 15) is 26.4 Å². The Hall–Kier alpha value is -2.39. The molecule has 0 aromatic heterocycles. The number of hydrogen-bond acceptors (Lipinski definition) is 3. The van der Waals surface area contributed by atoms with Gasteiger partial charge in [0.2, 0.25) is 10.0 Å². The van der Waals surface area contributed by atoms with Crippen molar-refractivity contribution >= 4 is 21.6 Å². The van der Waals surface area contributed by atoms with Crippen molar-refractivity contribution in [2.45, 2.75) is 44.0 Å². The van der Waals surface area contributed by atoms with Crippen LogP contribution in [0.4, 0.5) is 18.9 Å². The number of anilines is 1. The van der Waals surface area contributed by atoms with Crippen LogP contribution in [-0.2, 0) is 10.0 Å². The Bertz CT molecular complexity index is 1050. The van der Waals surface area contributed by atoms with E-state index in [1.54, 1.807) is 0 Å². The van der Waals surface area contributed by atoms with E-state index in [1.807, 2.05) is 0 Å². The molecule has 0 heterocycles. The van der Waals surface area contributed by atoms with Crippen LogP contribution in [0, 0.1) is 22.9 Å². The van der Waals surface area contributed by atoms with Crippen LogP contribution < -0.4 is 10.0 Å². The van der Waals surface area contributed by atoms with E-state index in [1.165, 1.54) is 0 Å². The van der Waals surface area contributed by atoms with Gasteiger partial charge in [-0.15, -0.1) is 0 Å². The molecule has 1 unspecified atom stereocenters. The first-order valence-electron chi connectivity index (χ1n) is 9.05. The second kappa shape index (κ2) is 7.79. The lowest BCUT2D eigenvalue weighted by atomic mass is 9.92. The molecule has 0 bridgehead atoms. The fraction of sp³-hybridized carbons (Fsp3) is 0.350. The number of benzene rings is 2. The maximum Gasteiger partial charge on any atom is 0.258 e. The summed E-state index contributed by atoms with van der Waals surface area (Å²) >= 11 is 0. The summed E-state index contributed by atoms with van der Waals surface area (Å²) in [5, 5.41) is 2.23. The Labute approximate surface area is 167 Å². The summed E-state index contributed by atoms with van der Waals surface area (Å²) in [6.07, 6.45) is 2.25. The van der Waals surface area contributed by atoms with Gasteiger partial charge in [-0.2, -0.15) is 0 Å². The first-order valence-corrected chi connectivity index (χ1v) is 10.5. The summed E-state index contributed by atoms with van der Waals surface area (Å²) in [6, 6.07) is 5.31. The largest absolute Gasteiger partial charge is 0.322 e. The van der Waals surface area contributed by atoms with E-state index in [0.29, 0.717) is 12.8 Å². The van der Waals surface area contributed by atoms with E-state index in [0.717, 1.165) is 42.8 Å². The fourth-order valence-electron chi connectivity index (χ4n) is 3.44. The number of carbonyl (C=O) groups is 1. The molecule has 0 saturated heterocycles. The predicted octanol–water partition coefficient (Wildman–Crippen LogP) is 4.21. The van der Waals surface area contributed by atoms with E-state index >= 15 is 0 Å². The van der Waals surface area contributed by atoms with Gasteiger partial charge >= 0.3 is 0 Å². The molecule has 2 aromatic carbocycles. The van der Waals surface area contributed by atoms with Crippen LogP contribution in [0.5, 0.6) is 0 Å². The Morgan fingerprint density at radius 2 is 1.72 bits per heavy atom. The van der Waals surface area contributed by atoms with Gasteiger partial charge in [-0.05, 0) is 55.0 Å². The molecule has 1 aliphatic rings. The number of hydrogen-bond donors (Lipinski definition) is 2. The maximum atomic E-state index is 14.2. The SMILES string of the molecule is CC1(C)CCC(NS(=O)(=O)c2ccc(F)c(C(=O)Nc3ccc(F)c(F)c3)c2)C1. The topological polar surface area (TPSA) is 75.3 Å². The third-order valence-electron chi connectivity index (χ3n) is 4.96. The number of rotatable bonds is 5. The molecule has 1 amide bonds. The molecular weight excluding hydrogens is 405 g/mol. The normalized spacial score (nSPS) is 18.6. The summed E-state index contributed by atoms with van der Waals surface area (Å²) < 4.78 is 68.4. The van der Waals surface area contributed by atoms with Gasteiger partial charge in [0.15, 0.2) is 11.6 Å². The highest BCUT2D eigenvalue weighted by Crippen LogP contribution is 2.37. The summed E-state index contributed by atoms with van der Waals surface area (Å²) in [5.74, 6) is -4.19. The summed E-state index contributed by atoms with van der Waals surface area (Å²) in [6.45, 7) is 4.11. The van der Waals surface area contributed by atoms with Gasteiger partial charge in [0.1, 0.15) is 5.82 Å². The van der Waals surface area contributed by atoms with E-state index < -0.39 is 38.9 Å². The Morgan fingerprint density at radius 1 is 1.03 bits per heavy atom. The van der Waals surface area contributed by atoms with Crippen molar-refractivity contribution in [3.63, 3.8) is 0 Å². The zero-order chi connectivity index (χ0) is 21.4. The van der Waals surface area contributed by atoms with Gasteiger partial charge in [-0.25, -0.2) is 26.3 Å². The van der Waals surface area contributed by atoms with Crippen LogP contribution in [0.1, 0.15) is 43.5 Å². The monoisotopic (exact) mass is 426 g/mol. The van der Waals surface area contributed by atoms with Crippen molar-refractivity contribution in [1.29, 1.82) is 0 Å². The van der Waals surface area contributed by atoms with E-state index in [-0.39, 0.29) is 22.0 Å². The van der Waals surface area contributed by atoms with Crippen LogP contribution in [0.25, 0.3) is 0 Å². The lowest BCUT2D eigenvalue weighted by molar-refractivity contribution is 0.102.